The van der Waals surface area contributed by atoms with Crippen LogP contribution >= 0.6 is 0 Å². The van der Waals surface area contributed by atoms with Gasteiger partial charge >= 0.3 is 0 Å². The summed E-state index contributed by atoms with van der Waals surface area (Å²) >= 11 is 0. The number of fused-ring (bicyclic) bond motifs is 1. The number of anilines is 1. The van der Waals surface area contributed by atoms with Crippen LogP contribution in [0.25, 0.3) is 10.9 Å². The van der Waals surface area contributed by atoms with Crippen molar-refractivity contribution in [3.8, 4) is 0 Å². The van der Waals surface area contributed by atoms with E-state index in [4.69, 9.17) is 0 Å². The molecule has 2 N–H and O–H groups in total. The first-order valence-electron chi connectivity index (χ1n) is 5.34. The van der Waals surface area contributed by atoms with Gasteiger partial charge in [0.25, 0.3) is 5.91 Å². The Bertz CT molecular complexity index is 692. The van der Waals surface area contributed by atoms with Crippen molar-refractivity contribution in [1.29, 1.82) is 0 Å². The van der Waals surface area contributed by atoms with Crippen LogP contribution in [0, 0.1) is 0 Å². The third-order valence-corrected chi connectivity index (χ3v) is 2.55. The van der Waals surface area contributed by atoms with Gasteiger partial charge in [-0.05, 0) is 18.2 Å². The highest BCUT2D eigenvalue weighted by Crippen LogP contribution is 2.21. The zero-order valence-electron chi connectivity index (χ0n) is 9.29. The average molecular weight is 239 g/mol. The highest BCUT2D eigenvalue weighted by molar-refractivity contribution is 6.07. The maximum absolute atomic E-state index is 11.9. The normalized spacial score (nSPS) is 10.4. The highest BCUT2D eigenvalue weighted by Gasteiger charge is 2.09. The summed E-state index contributed by atoms with van der Waals surface area (Å²) in [5, 5.41) is 10.4. The Morgan fingerprint density at radius 2 is 2.22 bits per heavy atom. The standard InChI is InChI=1S/C12H9N5O/c18-12(11-4-5-13-7-14-11)16-9-2-1-3-10-8(9)6-15-17-10/h1-7H,(H,15,17)(H,16,18). The quantitative estimate of drug-likeness (QED) is 0.711. The molecule has 0 unspecified atom stereocenters. The van der Waals surface area contributed by atoms with Crippen LogP contribution in [0.1, 0.15) is 10.5 Å². The molecule has 6 heteroatoms. The first-order valence-corrected chi connectivity index (χ1v) is 5.34. The minimum absolute atomic E-state index is 0.272. The van der Waals surface area contributed by atoms with Crippen molar-refractivity contribution < 1.29 is 4.79 Å². The number of nitrogens with zero attached hydrogens (tertiary/aromatic N) is 3. The Morgan fingerprint density at radius 3 is 3.06 bits per heavy atom. The minimum Gasteiger partial charge on any atom is -0.320 e. The van der Waals surface area contributed by atoms with E-state index in [1.165, 1.54) is 12.5 Å². The van der Waals surface area contributed by atoms with Gasteiger partial charge in [0, 0.05) is 11.6 Å². The lowest BCUT2D eigenvalue weighted by atomic mass is 10.2. The second-order valence-corrected chi connectivity index (χ2v) is 3.69. The van der Waals surface area contributed by atoms with Crippen molar-refractivity contribution in [2.24, 2.45) is 0 Å². The number of rotatable bonds is 2. The Labute approximate surface area is 102 Å². The number of hydrogen-bond donors (Lipinski definition) is 2. The maximum atomic E-state index is 11.9. The molecule has 88 valence electrons. The predicted molar refractivity (Wildman–Crippen MR) is 66.1 cm³/mol. The van der Waals surface area contributed by atoms with E-state index in [9.17, 15) is 4.79 Å². The molecule has 1 aromatic carbocycles. The molecule has 2 aromatic heterocycles. The monoisotopic (exact) mass is 239 g/mol. The Hall–Kier alpha value is -2.76. The van der Waals surface area contributed by atoms with E-state index in [1.54, 1.807) is 12.3 Å². The lowest BCUT2D eigenvalue weighted by Crippen LogP contribution is -2.13. The second kappa shape index (κ2) is 4.25. The van der Waals surface area contributed by atoms with Crippen molar-refractivity contribution in [3.63, 3.8) is 0 Å². The third-order valence-electron chi connectivity index (χ3n) is 2.55. The van der Waals surface area contributed by atoms with Gasteiger partial charge < -0.3 is 5.32 Å². The summed E-state index contributed by atoms with van der Waals surface area (Å²) in [4.78, 5) is 19.6. The number of amides is 1. The molecule has 0 aliphatic rings. The fraction of sp³-hybridized carbons (Fsp3) is 0. The van der Waals surface area contributed by atoms with E-state index < -0.39 is 0 Å². The van der Waals surface area contributed by atoms with E-state index in [0.717, 1.165) is 10.9 Å². The molecule has 6 nitrogen and oxygen atoms in total. The van der Waals surface area contributed by atoms with Gasteiger partial charge in [0.1, 0.15) is 12.0 Å². The Kier molecular flexibility index (Phi) is 2.45. The van der Waals surface area contributed by atoms with Gasteiger partial charge in [-0.3, -0.25) is 9.89 Å². The molecular formula is C12H9N5O. The van der Waals surface area contributed by atoms with E-state index in [1.807, 2.05) is 18.2 Å². The molecule has 18 heavy (non-hydrogen) atoms. The topological polar surface area (TPSA) is 83.6 Å². The smallest absolute Gasteiger partial charge is 0.274 e. The van der Waals surface area contributed by atoms with Gasteiger partial charge in [-0.1, -0.05) is 6.07 Å². The molecule has 0 bridgehead atoms. The number of carbonyl (C=O) groups is 1. The van der Waals surface area contributed by atoms with E-state index >= 15 is 0 Å². The second-order valence-electron chi connectivity index (χ2n) is 3.69. The molecular weight excluding hydrogens is 230 g/mol. The van der Waals surface area contributed by atoms with E-state index in [-0.39, 0.29) is 5.91 Å². The van der Waals surface area contributed by atoms with Crippen LogP contribution < -0.4 is 5.32 Å². The maximum Gasteiger partial charge on any atom is 0.274 e. The molecule has 1 amide bonds. The number of nitrogens with one attached hydrogen (secondary N) is 2. The molecule has 3 aromatic rings. The van der Waals surface area contributed by atoms with Crippen LogP contribution in [-0.2, 0) is 0 Å². The van der Waals surface area contributed by atoms with Crippen LogP contribution in [0.3, 0.4) is 0 Å². The summed E-state index contributed by atoms with van der Waals surface area (Å²) in [6.45, 7) is 0. The summed E-state index contributed by atoms with van der Waals surface area (Å²) in [7, 11) is 0. The number of hydrogen-bond acceptors (Lipinski definition) is 4. The zero-order chi connectivity index (χ0) is 12.4. The number of aromatic amines is 1. The molecule has 0 aliphatic carbocycles. The summed E-state index contributed by atoms with van der Waals surface area (Å²) in [5.41, 5.74) is 1.89. The van der Waals surface area contributed by atoms with Crippen molar-refractivity contribution >= 4 is 22.5 Å². The zero-order valence-corrected chi connectivity index (χ0v) is 9.29. The Morgan fingerprint density at radius 1 is 1.28 bits per heavy atom. The molecule has 0 saturated carbocycles. The molecule has 0 atom stereocenters. The fourth-order valence-corrected chi connectivity index (χ4v) is 1.69. The van der Waals surface area contributed by atoms with Crippen LogP contribution in [0.4, 0.5) is 5.69 Å². The number of aromatic nitrogens is 4. The van der Waals surface area contributed by atoms with Gasteiger partial charge in [-0.15, -0.1) is 0 Å². The van der Waals surface area contributed by atoms with Gasteiger partial charge in [0.05, 0.1) is 17.4 Å². The summed E-state index contributed by atoms with van der Waals surface area (Å²) < 4.78 is 0. The minimum atomic E-state index is -0.272. The first-order chi connectivity index (χ1) is 8.84. The van der Waals surface area contributed by atoms with Crippen LogP contribution in [-0.4, -0.2) is 26.1 Å². The summed E-state index contributed by atoms with van der Waals surface area (Å²) in [5.74, 6) is -0.272. The SMILES string of the molecule is O=C(Nc1cccc2[nH]ncc12)c1ccncn1. The van der Waals surface area contributed by atoms with Crippen LogP contribution in [0.5, 0.6) is 0 Å². The molecule has 0 saturated heterocycles. The average Bonchev–Trinajstić information content (AvgIpc) is 2.89. The number of benzene rings is 1. The molecule has 0 spiro atoms. The lowest BCUT2D eigenvalue weighted by Gasteiger charge is -2.05. The first kappa shape index (κ1) is 10.4. The van der Waals surface area contributed by atoms with Crippen LogP contribution in [0.2, 0.25) is 0 Å². The molecule has 0 fully saturated rings. The van der Waals surface area contributed by atoms with Gasteiger partial charge in [0.15, 0.2) is 0 Å². The van der Waals surface area contributed by atoms with Gasteiger partial charge in [-0.2, -0.15) is 5.10 Å². The largest absolute Gasteiger partial charge is 0.320 e. The van der Waals surface area contributed by atoms with Gasteiger partial charge in [0.2, 0.25) is 0 Å². The predicted octanol–water partition coefficient (Wildman–Crippen LogP) is 1.61. The summed E-state index contributed by atoms with van der Waals surface area (Å²) in [6.07, 6.45) is 4.54. The van der Waals surface area contributed by atoms with Gasteiger partial charge in [-0.25, -0.2) is 9.97 Å². The molecule has 0 radical (unpaired) electrons. The fourth-order valence-electron chi connectivity index (χ4n) is 1.69. The molecule has 2 heterocycles. The summed E-state index contributed by atoms with van der Waals surface area (Å²) in [6, 6.07) is 7.11. The van der Waals surface area contributed by atoms with Crippen molar-refractivity contribution in [2.75, 3.05) is 5.32 Å². The number of H-pyrrole nitrogens is 1. The molecule has 3 rings (SSSR count). The third kappa shape index (κ3) is 1.80. The van der Waals surface area contributed by atoms with Crippen molar-refractivity contribution in [1.82, 2.24) is 20.2 Å². The van der Waals surface area contributed by atoms with Crippen LogP contribution in [0.15, 0.2) is 43.0 Å². The highest BCUT2D eigenvalue weighted by atomic mass is 16.1. The Balaban J connectivity index is 1.93. The lowest BCUT2D eigenvalue weighted by molar-refractivity contribution is 0.102. The molecule has 0 aliphatic heterocycles. The number of carbonyl (C=O) groups excluding carboxylic acids is 1. The van der Waals surface area contributed by atoms with E-state index in [0.29, 0.717) is 11.4 Å². The van der Waals surface area contributed by atoms with E-state index in [2.05, 4.69) is 25.5 Å². The van der Waals surface area contributed by atoms with Crippen molar-refractivity contribution in [2.45, 2.75) is 0 Å². The van der Waals surface area contributed by atoms with Crippen molar-refractivity contribution in [3.05, 3.63) is 48.7 Å².